The fraction of sp³-hybridized carbons (Fsp3) is 0.154. The van der Waals surface area contributed by atoms with Crippen LogP contribution in [-0.2, 0) is 6.54 Å². The molecule has 96 valence electrons. The zero-order valence-corrected chi connectivity index (χ0v) is 11.0. The Morgan fingerprint density at radius 2 is 2.26 bits per heavy atom. The maximum atomic E-state index is 11.1. The van der Waals surface area contributed by atoms with E-state index in [1.165, 1.54) is 0 Å². The lowest BCUT2D eigenvalue weighted by molar-refractivity contribution is 0.0699. The van der Waals surface area contributed by atoms with E-state index in [0.717, 1.165) is 16.1 Å². The van der Waals surface area contributed by atoms with E-state index >= 15 is 0 Å². The van der Waals surface area contributed by atoms with Crippen molar-refractivity contribution >= 4 is 28.3 Å². The molecule has 0 unspecified atom stereocenters. The number of hydrogen-bond acceptors (Lipinski definition) is 4. The van der Waals surface area contributed by atoms with E-state index in [-0.39, 0.29) is 5.56 Å². The Labute approximate surface area is 113 Å². The predicted molar refractivity (Wildman–Crippen MR) is 72.6 cm³/mol. The van der Waals surface area contributed by atoms with Gasteiger partial charge in [0.15, 0.2) is 0 Å². The molecule has 0 aliphatic heterocycles. The van der Waals surface area contributed by atoms with Gasteiger partial charge in [-0.1, -0.05) is 6.07 Å². The first kappa shape index (κ1) is 11.9. The largest absolute Gasteiger partial charge is 0.478 e. The summed E-state index contributed by atoms with van der Waals surface area (Å²) in [5.41, 5.74) is 4.40. The molecular weight excluding hydrogens is 262 g/mol. The van der Waals surface area contributed by atoms with Gasteiger partial charge in [0, 0.05) is 4.88 Å². The average Bonchev–Trinajstić information content (AvgIpc) is 2.97. The maximum absolute atomic E-state index is 11.1. The van der Waals surface area contributed by atoms with Crippen LogP contribution in [0.25, 0.3) is 11.0 Å². The van der Waals surface area contributed by atoms with Crippen molar-refractivity contribution in [3.8, 4) is 0 Å². The van der Waals surface area contributed by atoms with Gasteiger partial charge < -0.3 is 9.67 Å². The molecule has 0 amide bonds. The molecule has 6 heteroatoms. The third-order valence-electron chi connectivity index (χ3n) is 3.04. The van der Waals surface area contributed by atoms with Crippen LogP contribution in [-0.4, -0.2) is 25.6 Å². The summed E-state index contributed by atoms with van der Waals surface area (Å²) in [6.45, 7) is 2.63. The third-order valence-corrected chi connectivity index (χ3v) is 3.96. The first-order valence-corrected chi connectivity index (χ1v) is 6.61. The van der Waals surface area contributed by atoms with Crippen molar-refractivity contribution in [2.45, 2.75) is 13.5 Å². The lowest BCUT2D eigenvalue weighted by Gasteiger charge is -2.03. The SMILES string of the molecule is Cc1ncsc1Cn1cnc2c(C(=O)O)cccc21. The minimum absolute atomic E-state index is 0.234. The Balaban J connectivity index is 2.09. The maximum Gasteiger partial charge on any atom is 0.337 e. The van der Waals surface area contributed by atoms with Crippen LogP contribution >= 0.6 is 11.3 Å². The molecule has 0 bridgehead atoms. The van der Waals surface area contributed by atoms with E-state index in [1.807, 2.05) is 23.1 Å². The highest BCUT2D eigenvalue weighted by Crippen LogP contribution is 2.21. The monoisotopic (exact) mass is 273 g/mol. The topological polar surface area (TPSA) is 68.0 Å². The van der Waals surface area contributed by atoms with Gasteiger partial charge in [-0.05, 0) is 19.1 Å². The summed E-state index contributed by atoms with van der Waals surface area (Å²) in [5.74, 6) is -0.954. The van der Waals surface area contributed by atoms with Gasteiger partial charge in [-0.3, -0.25) is 0 Å². The minimum atomic E-state index is -0.954. The number of nitrogens with zero attached hydrogens (tertiary/aromatic N) is 3. The predicted octanol–water partition coefficient (Wildman–Crippen LogP) is 2.55. The van der Waals surface area contributed by atoms with Gasteiger partial charge >= 0.3 is 5.97 Å². The number of thiazole rings is 1. The number of benzene rings is 1. The second kappa shape index (κ2) is 4.47. The highest BCUT2D eigenvalue weighted by Gasteiger charge is 2.13. The van der Waals surface area contributed by atoms with Crippen molar-refractivity contribution in [1.29, 1.82) is 0 Å². The lowest BCUT2D eigenvalue weighted by atomic mass is 10.2. The molecule has 0 aliphatic carbocycles. The van der Waals surface area contributed by atoms with Crippen LogP contribution < -0.4 is 0 Å². The Bertz CT molecular complexity index is 760. The number of carboxylic acid groups (broad SMARTS) is 1. The zero-order chi connectivity index (χ0) is 13.4. The Kier molecular flexibility index (Phi) is 2.79. The highest BCUT2D eigenvalue weighted by molar-refractivity contribution is 7.09. The van der Waals surface area contributed by atoms with E-state index in [2.05, 4.69) is 9.97 Å². The minimum Gasteiger partial charge on any atom is -0.478 e. The molecule has 3 aromatic rings. The first-order valence-electron chi connectivity index (χ1n) is 5.73. The molecule has 19 heavy (non-hydrogen) atoms. The standard InChI is InChI=1S/C13H11N3O2S/c1-8-11(19-7-15-8)5-16-6-14-12-9(13(17)18)3-2-4-10(12)16/h2-4,6-7H,5H2,1H3,(H,17,18). The molecule has 0 spiro atoms. The van der Waals surface area contributed by atoms with Gasteiger partial charge in [-0.2, -0.15) is 0 Å². The van der Waals surface area contributed by atoms with Crippen LogP contribution in [0.1, 0.15) is 20.9 Å². The van der Waals surface area contributed by atoms with Crippen molar-refractivity contribution in [1.82, 2.24) is 14.5 Å². The van der Waals surface area contributed by atoms with Gasteiger partial charge in [0.2, 0.25) is 0 Å². The summed E-state index contributed by atoms with van der Waals surface area (Å²) in [7, 11) is 0. The van der Waals surface area contributed by atoms with E-state index in [1.54, 1.807) is 29.8 Å². The normalized spacial score (nSPS) is 11.0. The highest BCUT2D eigenvalue weighted by atomic mass is 32.1. The van der Waals surface area contributed by atoms with E-state index in [0.29, 0.717) is 12.1 Å². The lowest BCUT2D eigenvalue weighted by Crippen LogP contribution is -1.99. The number of carboxylic acids is 1. The average molecular weight is 273 g/mol. The van der Waals surface area contributed by atoms with Crippen LogP contribution in [0.4, 0.5) is 0 Å². The molecular formula is C13H11N3O2S. The number of fused-ring (bicyclic) bond motifs is 1. The Morgan fingerprint density at radius 1 is 1.42 bits per heavy atom. The van der Waals surface area contributed by atoms with Crippen LogP contribution in [0.5, 0.6) is 0 Å². The summed E-state index contributed by atoms with van der Waals surface area (Å²) in [6.07, 6.45) is 1.68. The van der Waals surface area contributed by atoms with Gasteiger partial charge in [-0.15, -0.1) is 11.3 Å². The van der Waals surface area contributed by atoms with E-state index < -0.39 is 5.97 Å². The van der Waals surface area contributed by atoms with Gasteiger partial charge in [0.1, 0.15) is 5.52 Å². The van der Waals surface area contributed by atoms with Crippen molar-refractivity contribution < 1.29 is 9.90 Å². The molecule has 2 heterocycles. The molecule has 1 aromatic carbocycles. The fourth-order valence-electron chi connectivity index (χ4n) is 2.02. The number of aromatic nitrogens is 3. The number of imidazole rings is 1. The molecule has 3 rings (SSSR count). The Hall–Kier alpha value is -2.21. The van der Waals surface area contributed by atoms with Crippen molar-refractivity contribution in [2.75, 3.05) is 0 Å². The van der Waals surface area contributed by atoms with Gasteiger partial charge in [-0.25, -0.2) is 14.8 Å². The number of aryl methyl sites for hydroxylation is 1. The number of hydrogen-bond donors (Lipinski definition) is 1. The number of aromatic carboxylic acids is 1. The molecule has 0 atom stereocenters. The number of carbonyl (C=O) groups is 1. The molecule has 0 saturated carbocycles. The first-order chi connectivity index (χ1) is 9.16. The quantitative estimate of drug-likeness (QED) is 0.796. The molecule has 0 aliphatic rings. The zero-order valence-electron chi connectivity index (χ0n) is 10.2. The molecule has 2 aromatic heterocycles. The molecule has 0 fully saturated rings. The summed E-state index contributed by atoms with van der Waals surface area (Å²) in [5, 5.41) is 9.14. The summed E-state index contributed by atoms with van der Waals surface area (Å²) in [4.78, 5) is 20.7. The smallest absolute Gasteiger partial charge is 0.337 e. The van der Waals surface area contributed by atoms with Crippen LogP contribution in [0, 0.1) is 6.92 Å². The summed E-state index contributed by atoms with van der Waals surface area (Å²) in [6, 6.07) is 5.19. The molecule has 5 nitrogen and oxygen atoms in total. The van der Waals surface area contributed by atoms with Crippen LogP contribution in [0.2, 0.25) is 0 Å². The van der Waals surface area contributed by atoms with Gasteiger partial charge in [0.05, 0.1) is 35.2 Å². The van der Waals surface area contributed by atoms with Crippen molar-refractivity contribution in [3.63, 3.8) is 0 Å². The van der Waals surface area contributed by atoms with E-state index in [9.17, 15) is 4.79 Å². The third kappa shape index (κ3) is 2.00. The van der Waals surface area contributed by atoms with Crippen molar-refractivity contribution in [2.24, 2.45) is 0 Å². The summed E-state index contributed by atoms with van der Waals surface area (Å²) >= 11 is 1.59. The van der Waals surface area contributed by atoms with Crippen LogP contribution in [0.3, 0.4) is 0 Å². The second-order valence-corrected chi connectivity index (χ2v) is 5.15. The number of para-hydroxylation sites is 1. The summed E-state index contributed by atoms with van der Waals surface area (Å²) < 4.78 is 1.95. The molecule has 1 N–H and O–H groups in total. The Morgan fingerprint density at radius 3 is 2.95 bits per heavy atom. The van der Waals surface area contributed by atoms with Gasteiger partial charge in [0.25, 0.3) is 0 Å². The van der Waals surface area contributed by atoms with Crippen molar-refractivity contribution in [3.05, 3.63) is 46.2 Å². The van der Waals surface area contributed by atoms with E-state index in [4.69, 9.17) is 5.11 Å². The molecule has 0 radical (unpaired) electrons. The van der Waals surface area contributed by atoms with Crippen LogP contribution in [0.15, 0.2) is 30.0 Å². The fourth-order valence-corrected chi connectivity index (χ4v) is 2.79. The number of rotatable bonds is 3. The second-order valence-electron chi connectivity index (χ2n) is 4.21. The molecule has 0 saturated heterocycles.